The summed E-state index contributed by atoms with van der Waals surface area (Å²) >= 11 is 0. The average molecular weight is 489 g/mol. The number of rotatable bonds is 7. The van der Waals surface area contributed by atoms with Gasteiger partial charge in [0.05, 0.1) is 30.0 Å². The van der Waals surface area contributed by atoms with Crippen molar-refractivity contribution in [2.75, 3.05) is 31.2 Å². The Morgan fingerprint density at radius 3 is 2.46 bits per heavy atom. The first-order valence-electron chi connectivity index (χ1n) is 11.2. The third-order valence-corrected chi connectivity index (χ3v) is 5.90. The van der Waals surface area contributed by atoms with Crippen molar-refractivity contribution in [3.63, 3.8) is 0 Å². The highest BCUT2D eigenvalue weighted by Crippen LogP contribution is 2.35. The fourth-order valence-corrected chi connectivity index (χ4v) is 3.84. The van der Waals surface area contributed by atoms with Gasteiger partial charge in [0.25, 0.3) is 5.91 Å². The summed E-state index contributed by atoms with van der Waals surface area (Å²) in [6.45, 7) is 5.66. The van der Waals surface area contributed by atoms with E-state index in [1.165, 1.54) is 6.07 Å². The number of aryl methyl sites for hydroxylation is 2. The Bertz CT molecular complexity index is 1150. The van der Waals surface area contributed by atoms with Gasteiger partial charge in [-0.15, -0.1) is 0 Å². The second-order valence-corrected chi connectivity index (χ2v) is 8.24. The molecule has 4 rings (SSSR count). The second kappa shape index (κ2) is 10.4. The largest absolute Gasteiger partial charge is 0.489 e. The maximum absolute atomic E-state index is 13.7. The van der Waals surface area contributed by atoms with Crippen LogP contribution in [0.25, 0.3) is 0 Å². The molecule has 3 aromatic rings. The first kappa shape index (κ1) is 24.6. The van der Waals surface area contributed by atoms with E-state index in [9.17, 15) is 18.0 Å². The number of aromatic nitrogens is 1. The number of alkyl halides is 3. The van der Waals surface area contributed by atoms with Crippen LogP contribution in [0.3, 0.4) is 0 Å². The van der Waals surface area contributed by atoms with Gasteiger partial charge in [0, 0.05) is 30.9 Å². The van der Waals surface area contributed by atoms with Gasteiger partial charge in [-0.1, -0.05) is 11.2 Å². The van der Waals surface area contributed by atoms with E-state index in [1.807, 2.05) is 11.8 Å². The number of carbonyl (C=O) groups is 1. The number of carbonyl (C=O) groups excluding carboxylic acids is 1. The molecule has 7 nitrogen and oxygen atoms in total. The van der Waals surface area contributed by atoms with Crippen LogP contribution >= 0.6 is 0 Å². The van der Waals surface area contributed by atoms with Crippen molar-refractivity contribution >= 4 is 11.6 Å². The minimum Gasteiger partial charge on any atom is -0.489 e. The van der Waals surface area contributed by atoms with Gasteiger partial charge < -0.3 is 24.2 Å². The molecule has 0 aliphatic carbocycles. The van der Waals surface area contributed by atoms with Crippen molar-refractivity contribution in [2.45, 2.75) is 33.2 Å². The molecule has 1 fully saturated rings. The Balaban J connectivity index is 1.39. The summed E-state index contributed by atoms with van der Waals surface area (Å²) in [5.41, 5.74) is 1.64. The molecule has 1 amide bonds. The quantitative estimate of drug-likeness (QED) is 0.521. The number of halogens is 3. The van der Waals surface area contributed by atoms with Crippen LogP contribution in [0.1, 0.15) is 38.5 Å². The summed E-state index contributed by atoms with van der Waals surface area (Å²) in [7, 11) is 0. The van der Waals surface area contributed by atoms with Crippen LogP contribution < -0.4 is 15.0 Å². The molecule has 1 N–H and O–H groups in total. The van der Waals surface area contributed by atoms with E-state index in [4.69, 9.17) is 14.0 Å². The van der Waals surface area contributed by atoms with Crippen molar-refractivity contribution in [3.05, 3.63) is 76.2 Å². The molecule has 10 heteroatoms. The van der Waals surface area contributed by atoms with Gasteiger partial charge in [0.15, 0.2) is 0 Å². The van der Waals surface area contributed by atoms with E-state index in [0.717, 1.165) is 17.3 Å². The van der Waals surface area contributed by atoms with Crippen molar-refractivity contribution in [3.8, 4) is 5.75 Å². The Morgan fingerprint density at radius 2 is 1.83 bits per heavy atom. The molecule has 2 aromatic carbocycles. The lowest BCUT2D eigenvalue weighted by Crippen LogP contribution is -2.36. The van der Waals surface area contributed by atoms with E-state index in [1.54, 1.807) is 37.3 Å². The molecule has 0 unspecified atom stereocenters. The normalized spacial score (nSPS) is 14.1. The number of morpholine rings is 1. The van der Waals surface area contributed by atoms with Gasteiger partial charge in [-0.25, -0.2) is 0 Å². The molecule has 186 valence electrons. The standard InChI is InChI=1S/C25H26F3N3O4/c1-16-22(17(2)35-30-16)15-34-21-7-4-18(5-8-21)24(32)29-14-19-3-6-20(13-23(19)25(26,27)28)31-9-11-33-12-10-31/h3-8,13H,9-12,14-15H2,1-2H3,(H,29,32). The van der Waals surface area contributed by atoms with Gasteiger partial charge in [0.2, 0.25) is 0 Å². The molecule has 1 saturated heterocycles. The minimum absolute atomic E-state index is 0.00211. The highest BCUT2D eigenvalue weighted by molar-refractivity contribution is 5.94. The molecule has 0 radical (unpaired) electrons. The third-order valence-electron chi connectivity index (χ3n) is 5.90. The molecule has 1 aliphatic rings. The van der Waals surface area contributed by atoms with E-state index >= 15 is 0 Å². The van der Waals surface area contributed by atoms with Crippen molar-refractivity contribution in [1.29, 1.82) is 0 Å². The second-order valence-electron chi connectivity index (χ2n) is 8.24. The Kier molecular flexibility index (Phi) is 7.30. The number of hydrogen-bond donors (Lipinski definition) is 1. The number of nitrogens with zero attached hydrogens (tertiary/aromatic N) is 2. The van der Waals surface area contributed by atoms with Crippen molar-refractivity contribution < 1.29 is 32.0 Å². The number of nitrogens with one attached hydrogen (secondary N) is 1. The number of ether oxygens (including phenoxy) is 2. The summed E-state index contributed by atoms with van der Waals surface area (Å²) in [6, 6.07) is 10.6. The molecule has 0 bridgehead atoms. The SMILES string of the molecule is Cc1noc(C)c1COc1ccc(C(=O)NCc2ccc(N3CCOCC3)cc2C(F)(F)F)cc1. The monoisotopic (exact) mass is 489 g/mol. The van der Waals surface area contributed by atoms with Gasteiger partial charge >= 0.3 is 6.18 Å². The Labute approximate surface area is 200 Å². The fraction of sp³-hybridized carbons (Fsp3) is 0.360. The highest BCUT2D eigenvalue weighted by Gasteiger charge is 2.34. The van der Waals surface area contributed by atoms with Crippen molar-refractivity contribution in [2.24, 2.45) is 0 Å². The molecule has 0 saturated carbocycles. The number of hydrogen-bond acceptors (Lipinski definition) is 6. The molecule has 0 atom stereocenters. The maximum Gasteiger partial charge on any atom is 0.416 e. The fourth-order valence-electron chi connectivity index (χ4n) is 3.84. The molecule has 1 aliphatic heterocycles. The van der Waals surface area contributed by atoms with Gasteiger partial charge in [-0.2, -0.15) is 13.2 Å². The smallest absolute Gasteiger partial charge is 0.416 e. The zero-order valence-electron chi connectivity index (χ0n) is 19.4. The summed E-state index contributed by atoms with van der Waals surface area (Å²) in [5, 5.41) is 6.46. The number of benzene rings is 2. The van der Waals surface area contributed by atoms with E-state index in [0.29, 0.717) is 49.1 Å². The molecule has 2 heterocycles. The van der Waals surface area contributed by atoms with Gasteiger partial charge in [-0.05, 0) is 55.8 Å². The number of amides is 1. The molecule has 35 heavy (non-hydrogen) atoms. The van der Waals surface area contributed by atoms with Crippen molar-refractivity contribution in [1.82, 2.24) is 10.5 Å². The van der Waals surface area contributed by atoms with E-state index in [2.05, 4.69) is 10.5 Å². The molecular weight excluding hydrogens is 463 g/mol. The first-order chi connectivity index (χ1) is 16.7. The lowest BCUT2D eigenvalue weighted by atomic mass is 10.0. The van der Waals surface area contributed by atoms with Crippen LogP contribution in [0, 0.1) is 13.8 Å². The highest BCUT2D eigenvalue weighted by atomic mass is 19.4. The van der Waals surface area contributed by atoms with Crippen LogP contribution in [0.5, 0.6) is 5.75 Å². The third kappa shape index (κ3) is 5.94. The summed E-state index contributed by atoms with van der Waals surface area (Å²) < 4.78 is 57.3. The average Bonchev–Trinajstić information content (AvgIpc) is 3.18. The minimum atomic E-state index is -4.54. The molecule has 0 spiro atoms. The summed E-state index contributed by atoms with van der Waals surface area (Å²) in [4.78, 5) is 14.4. The zero-order chi connectivity index (χ0) is 25.0. The lowest BCUT2D eigenvalue weighted by molar-refractivity contribution is -0.138. The number of anilines is 1. The summed E-state index contributed by atoms with van der Waals surface area (Å²) in [6.07, 6.45) is -4.54. The Morgan fingerprint density at radius 1 is 1.11 bits per heavy atom. The van der Waals surface area contributed by atoms with Crippen LogP contribution in [0.4, 0.5) is 18.9 Å². The lowest BCUT2D eigenvalue weighted by Gasteiger charge is -2.29. The summed E-state index contributed by atoms with van der Waals surface area (Å²) in [5.74, 6) is 0.738. The topological polar surface area (TPSA) is 76.8 Å². The molecule has 1 aromatic heterocycles. The van der Waals surface area contributed by atoms with Gasteiger partial charge in [-0.3, -0.25) is 4.79 Å². The van der Waals surface area contributed by atoms with Crippen LogP contribution in [0.15, 0.2) is 47.0 Å². The van der Waals surface area contributed by atoms with Crippen LogP contribution in [0.2, 0.25) is 0 Å². The van der Waals surface area contributed by atoms with Crippen LogP contribution in [-0.4, -0.2) is 37.4 Å². The Hall–Kier alpha value is -3.53. The van der Waals surface area contributed by atoms with Crippen LogP contribution in [-0.2, 0) is 24.1 Å². The predicted octanol–water partition coefficient (Wildman–Crippen LogP) is 4.66. The van der Waals surface area contributed by atoms with Gasteiger partial charge in [0.1, 0.15) is 18.1 Å². The maximum atomic E-state index is 13.7. The zero-order valence-corrected chi connectivity index (χ0v) is 19.4. The predicted molar refractivity (Wildman–Crippen MR) is 122 cm³/mol. The first-order valence-corrected chi connectivity index (χ1v) is 11.2. The van der Waals surface area contributed by atoms with E-state index in [-0.39, 0.29) is 18.7 Å². The molecular formula is C25H26F3N3O4. The van der Waals surface area contributed by atoms with E-state index < -0.39 is 17.6 Å².